The van der Waals surface area contributed by atoms with Crippen LogP contribution in [0.4, 0.5) is 11.5 Å². The second kappa shape index (κ2) is 5.34. The van der Waals surface area contributed by atoms with Gasteiger partial charge in [0.2, 0.25) is 5.75 Å². The van der Waals surface area contributed by atoms with Crippen molar-refractivity contribution in [2.24, 2.45) is 0 Å². The minimum absolute atomic E-state index is 0.0604. The number of nitrogen functional groups attached to an aromatic ring is 1. The van der Waals surface area contributed by atoms with Gasteiger partial charge in [-0.1, -0.05) is 13.0 Å². The summed E-state index contributed by atoms with van der Waals surface area (Å²) in [5, 5.41) is 11.0. The number of anilines is 1. The van der Waals surface area contributed by atoms with Crippen molar-refractivity contribution in [3.05, 3.63) is 52.2 Å². The van der Waals surface area contributed by atoms with Crippen LogP contribution in [0.25, 0.3) is 0 Å². The van der Waals surface area contributed by atoms with E-state index in [1.807, 2.05) is 6.92 Å². The standard InChI is InChI=1S/C13H13N3O3/c1-2-9-3-4-12(11(7-9)16(17)18)19-10-5-6-15-13(14)8-10/h3-8H,2H2,1H3,(H2,14,15). The molecule has 0 aliphatic carbocycles. The first-order chi connectivity index (χ1) is 9.10. The molecule has 0 amide bonds. The molecule has 0 saturated carbocycles. The summed E-state index contributed by atoms with van der Waals surface area (Å²) in [5.41, 5.74) is 6.35. The van der Waals surface area contributed by atoms with E-state index in [-0.39, 0.29) is 11.4 Å². The molecule has 6 heteroatoms. The van der Waals surface area contributed by atoms with Gasteiger partial charge in [-0.25, -0.2) is 4.98 Å². The van der Waals surface area contributed by atoms with Crippen LogP contribution in [0.1, 0.15) is 12.5 Å². The molecule has 0 atom stereocenters. The van der Waals surface area contributed by atoms with Crippen LogP contribution >= 0.6 is 0 Å². The van der Waals surface area contributed by atoms with Gasteiger partial charge in [0.1, 0.15) is 11.6 Å². The van der Waals surface area contributed by atoms with Gasteiger partial charge in [0.15, 0.2) is 0 Å². The fourth-order valence-electron chi connectivity index (χ4n) is 1.63. The van der Waals surface area contributed by atoms with E-state index < -0.39 is 4.92 Å². The normalized spacial score (nSPS) is 10.2. The molecule has 6 nitrogen and oxygen atoms in total. The number of hydrogen-bond donors (Lipinski definition) is 1. The summed E-state index contributed by atoms with van der Waals surface area (Å²) in [6, 6.07) is 8.01. The molecular formula is C13H13N3O3. The van der Waals surface area contributed by atoms with Crippen LogP contribution in [-0.4, -0.2) is 9.91 Å². The molecule has 19 heavy (non-hydrogen) atoms. The Balaban J connectivity index is 2.36. The van der Waals surface area contributed by atoms with Crippen LogP contribution < -0.4 is 10.5 Å². The fourth-order valence-corrected chi connectivity index (χ4v) is 1.63. The lowest BCUT2D eigenvalue weighted by Gasteiger charge is -2.07. The fraction of sp³-hybridized carbons (Fsp3) is 0.154. The summed E-state index contributed by atoms with van der Waals surface area (Å²) in [6.07, 6.45) is 2.21. The molecule has 0 fully saturated rings. The Kier molecular flexibility index (Phi) is 3.61. The predicted octanol–water partition coefficient (Wildman–Crippen LogP) is 2.93. The highest BCUT2D eigenvalue weighted by molar-refractivity contribution is 5.51. The lowest BCUT2D eigenvalue weighted by Crippen LogP contribution is -1.96. The van der Waals surface area contributed by atoms with Crippen molar-refractivity contribution in [1.82, 2.24) is 4.98 Å². The number of aryl methyl sites for hydroxylation is 1. The third-order valence-electron chi connectivity index (χ3n) is 2.61. The van der Waals surface area contributed by atoms with Crippen molar-refractivity contribution >= 4 is 11.5 Å². The number of pyridine rings is 1. The molecule has 98 valence electrons. The zero-order valence-electron chi connectivity index (χ0n) is 10.4. The highest BCUT2D eigenvalue weighted by Gasteiger charge is 2.16. The summed E-state index contributed by atoms with van der Waals surface area (Å²) < 4.78 is 5.49. The number of aromatic nitrogens is 1. The molecular weight excluding hydrogens is 246 g/mol. The molecule has 0 aliphatic heterocycles. The summed E-state index contributed by atoms with van der Waals surface area (Å²) in [6.45, 7) is 1.93. The second-order valence-electron chi connectivity index (χ2n) is 3.93. The van der Waals surface area contributed by atoms with Crippen molar-refractivity contribution < 1.29 is 9.66 Å². The third-order valence-corrected chi connectivity index (χ3v) is 2.61. The first-order valence-electron chi connectivity index (χ1n) is 5.77. The first-order valence-corrected chi connectivity index (χ1v) is 5.77. The Hall–Kier alpha value is -2.63. The van der Waals surface area contributed by atoms with E-state index in [2.05, 4.69) is 4.98 Å². The topological polar surface area (TPSA) is 91.3 Å². The van der Waals surface area contributed by atoms with Crippen LogP contribution in [0.15, 0.2) is 36.5 Å². The van der Waals surface area contributed by atoms with Gasteiger partial charge in [-0.05, 0) is 24.1 Å². The monoisotopic (exact) mass is 259 g/mol. The van der Waals surface area contributed by atoms with Crippen molar-refractivity contribution in [1.29, 1.82) is 0 Å². The number of nitrogens with two attached hydrogens (primary N) is 1. The van der Waals surface area contributed by atoms with Gasteiger partial charge in [0.25, 0.3) is 0 Å². The molecule has 0 radical (unpaired) electrons. The van der Waals surface area contributed by atoms with E-state index in [0.717, 1.165) is 12.0 Å². The van der Waals surface area contributed by atoms with E-state index in [0.29, 0.717) is 11.6 Å². The van der Waals surface area contributed by atoms with E-state index in [4.69, 9.17) is 10.5 Å². The minimum Gasteiger partial charge on any atom is -0.450 e. The lowest BCUT2D eigenvalue weighted by atomic mass is 10.1. The zero-order chi connectivity index (χ0) is 13.8. The van der Waals surface area contributed by atoms with Gasteiger partial charge < -0.3 is 10.5 Å². The van der Waals surface area contributed by atoms with Gasteiger partial charge >= 0.3 is 5.69 Å². The number of benzene rings is 1. The smallest absolute Gasteiger partial charge is 0.311 e. The Morgan fingerprint density at radius 3 is 2.79 bits per heavy atom. The van der Waals surface area contributed by atoms with Crippen LogP contribution in [0, 0.1) is 10.1 Å². The number of hydrogen-bond acceptors (Lipinski definition) is 5. The van der Waals surface area contributed by atoms with Gasteiger partial charge in [0, 0.05) is 18.3 Å². The maximum absolute atomic E-state index is 11.0. The number of rotatable bonds is 4. The number of nitro benzene ring substituents is 1. The molecule has 1 aromatic heterocycles. The number of nitro groups is 1. The molecule has 1 heterocycles. The quantitative estimate of drug-likeness (QED) is 0.673. The number of nitrogens with zero attached hydrogens (tertiary/aromatic N) is 2. The zero-order valence-corrected chi connectivity index (χ0v) is 10.4. The summed E-state index contributed by atoms with van der Waals surface area (Å²) in [4.78, 5) is 14.4. The maximum Gasteiger partial charge on any atom is 0.311 e. The lowest BCUT2D eigenvalue weighted by molar-refractivity contribution is -0.385. The molecule has 0 bridgehead atoms. The van der Waals surface area contributed by atoms with Crippen molar-refractivity contribution in [2.45, 2.75) is 13.3 Å². The molecule has 0 spiro atoms. The molecule has 0 aliphatic rings. The van der Waals surface area contributed by atoms with Gasteiger partial charge in [0.05, 0.1) is 4.92 Å². The minimum atomic E-state index is -0.459. The highest BCUT2D eigenvalue weighted by Crippen LogP contribution is 2.32. The van der Waals surface area contributed by atoms with Crippen LogP contribution in [0.2, 0.25) is 0 Å². The van der Waals surface area contributed by atoms with Crippen molar-refractivity contribution in [3.63, 3.8) is 0 Å². The third kappa shape index (κ3) is 2.98. The molecule has 2 aromatic rings. The first kappa shape index (κ1) is 12.8. The highest BCUT2D eigenvalue weighted by atomic mass is 16.6. The molecule has 2 rings (SSSR count). The summed E-state index contributed by atoms with van der Waals surface area (Å²) in [5.74, 6) is 0.901. The van der Waals surface area contributed by atoms with Crippen LogP contribution in [0.3, 0.4) is 0 Å². The largest absolute Gasteiger partial charge is 0.450 e. The average Bonchev–Trinajstić information content (AvgIpc) is 2.39. The Bertz CT molecular complexity index is 614. The van der Waals surface area contributed by atoms with Crippen LogP contribution in [-0.2, 0) is 6.42 Å². The number of ether oxygens (including phenoxy) is 1. The SMILES string of the molecule is CCc1ccc(Oc2ccnc(N)c2)c([N+](=O)[O-])c1. The Morgan fingerprint density at radius 2 is 2.16 bits per heavy atom. The van der Waals surface area contributed by atoms with E-state index in [9.17, 15) is 10.1 Å². The maximum atomic E-state index is 11.0. The van der Waals surface area contributed by atoms with Crippen molar-refractivity contribution in [2.75, 3.05) is 5.73 Å². The molecule has 2 N–H and O–H groups in total. The second-order valence-corrected chi connectivity index (χ2v) is 3.93. The van der Waals surface area contributed by atoms with Gasteiger partial charge in [-0.2, -0.15) is 0 Å². The van der Waals surface area contributed by atoms with Gasteiger partial charge in [-0.3, -0.25) is 10.1 Å². The molecule has 0 saturated heterocycles. The Labute approximate surface area is 110 Å². The molecule has 1 aromatic carbocycles. The summed E-state index contributed by atoms with van der Waals surface area (Å²) in [7, 11) is 0. The predicted molar refractivity (Wildman–Crippen MR) is 71.2 cm³/mol. The van der Waals surface area contributed by atoms with E-state index in [1.54, 1.807) is 18.2 Å². The average molecular weight is 259 g/mol. The van der Waals surface area contributed by atoms with E-state index in [1.165, 1.54) is 18.3 Å². The van der Waals surface area contributed by atoms with E-state index >= 15 is 0 Å². The summed E-state index contributed by atoms with van der Waals surface area (Å²) >= 11 is 0. The van der Waals surface area contributed by atoms with Gasteiger partial charge in [-0.15, -0.1) is 0 Å². The molecule has 0 unspecified atom stereocenters. The Morgan fingerprint density at radius 1 is 1.37 bits per heavy atom. The van der Waals surface area contributed by atoms with Crippen molar-refractivity contribution in [3.8, 4) is 11.5 Å². The van der Waals surface area contributed by atoms with Crippen LogP contribution in [0.5, 0.6) is 11.5 Å².